The summed E-state index contributed by atoms with van der Waals surface area (Å²) in [6, 6.07) is 0. The summed E-state index contributed by atoms with van der Waals surface area (Å²) < 4.78 is 16.8. The quantitative estimate of drug-likeness (QED) is 0.0261. The molecule has 0 saturated carbocycles. The molecule has 0 spiro atoms. The van der Waals surface area contributed by atoms with Crippen molar-refractivity contribution in [2.24, 2.45) is 0 Å². The van der Waals surface area contributed by atoms with Gasteiger partial charge in [0.2, 0.25) is 0 Å². The zero-order valence-corrected chi connectivity index (χ0v) is 48.3. The van der Waals surface area contributed by atoms with Gasteiger partial charge in [0.15, 0.2) is 6.10 Å². The van der Waals surface area contributed by atoms with Crippen molar-refractivity contribution >= 4 is 17.9 Å². The minimum Gasteiger partial charge on any atom is -0.462 e. The second kappa shape index (κ2) is 60.7. The van der Waals surface area contributed by atoms with Crippen LogP contribution in [0.25, 0.3) is 0 Å². The van der Waals surface area contributed by atoms with E-state index in [-0.39, 0.29) is 31.1 Å². The van der Waals surface area contributed by atoms with E-state index in [1.165, 1.54) is 263 Å². The summed E-state index contributed by atoms with van der Waals surface area (Å²) >= 11 is 0. The normalized spacial score (nSPS) is 12.0. The Morgan fingerprint density at radius 2 is 0.465 bits per heavy atom. The minimum atomic E-state index is -0.767. The Kier molecular flexibility index (Phi) is 59.1. The topological polar surface area (TPSA) is 78.9 Å². The Labute approximate surface area is 443 Å². The molecule has 1 unspecified atom stereocenters. The molecule has 71 heavy (non-hydrogen) atoms. The van der Waals surface area contributed by atoms with Crippen molar-refractivity contribution in [3.63, 3.8) is 0 Å². The van der Waals surface area contributed by atoms with Gasteiger partial charge in [0.25, 0.3) is 0 Å². The zero-order valence-electron chi connectivity index (χ0n) is 48.3. The van der Waals surface area contributed by atoms with Crippen LogP contribution < -0.4 is 0 Å². The highest BCUT2D eigenvalue weighted by molar-refractivity contribution is 5.71. The standard InChI is InChI=1S/C65H124O6/c1-4-7-10-13-16-18-20-22-23-24-25-26-27-28-29-30-31-32-33-34-35-36-37-38-39-40-41-42-44-45-47-49-52-55-58-64(67)70-61-62(60-69-63(66)57-54-51-15-12-9-6-3)71-65(68)59-56-53-50-48-46-43-21-19-17-14-11-8-5-2/h19,21,62H,4-18,20,22-61H2,1-3H3/b21-19-. The van der Waals surface area contributed by atoms with E-state index in [0.29, 0.717) is 19.3 Å². The first-order chi connectivity index (χ1) is 35.0. The van der Waals surface area contributed by atoms with Crippen molar-refractivity contribution in [1.29, 1.82) is 0 Å². The Morgan fingerprint density at radius 1 is 0.268 bits per heavy atom. The van der Waals surface area contributed by atoms with Crippen LogP contribution in [-0.4, -0.2) is 37.2 Å². The molecule has 0 amide bonds. The second-order valence-corrected chi connectivity index (χ2v) is 22.0. The lowest BCUT2D eigenvalue weighted by atomic mass is 10.0. The molecule has 1 atom stereocenters. The van der Waals surface area contributed by atoms with E-state index in [9.17, 15) is 14.4 Å². The number of allylic oxidation sites excluding steroid dienone is 2. The average molecular weight is 1000 g/mol. The van der Waals surface area contributed by atoms with E-state index in [0.717, 1.165) is 64.2 Å². The SMILES string of the molecule is CCCCCC/C=C\CCCCCCCC(=O)OC(COC(=O)CCCCCCCC)COC(=O)CCCCCCCCCCCCCCCCCCCCCCCCCCCCCCCCCCCC. The molecule has 0 aromatic rings. The van der Waals surface area contributed by atoms with Gasteiger partial charge in [-0.2, -0.15) is 0 Å². The van der Waals surface area contributed by atoms with Crippen LogP contribution in [0.4, 0.5) is 0 Å². The van der Waals surface area contributed by atoms with Gasteiger partial charge in [-0.25, -0.2) is 0 Å². The molecule has 0 heterocycles. The molecule has 0 aromatic heterocycles. The molecule has 6 heteroatoms. The van der Waals surface area contributed by atoms with Crippen LogP contribution in [0.1, 0.15) is 367 Å². The van der Waals surface area contributed by atoms with Gasteiger partial charge in [-0.15, -0.1) is 0 Å². The van der Waals surface area contributed by atoms with Crippen molar-refractivity contribution in [1.82, 2.24) is 0 Å². The Morgan fingerprint density at radius 3 is 0.718 bits per heavy atom. The number of carbonyl (C=O) groups is 3. The van der Waals surface area contributed by atoms with Gasteiger partial charge in [0.05, 0.1) is 0 Å². The van der Waals surface area contributed by atoms with Gasteiger partial charge in [0, 0.05) is 19.3 Å². The van der Waals surface area contributed by atoms with Gasteiger partial charge < -0.3 is 14.2 Å². The highest BCUT2D eigenvalue weighted by atomic mass is 16.6. The molecule has 0 bridgehead atoms. The number of unbranched alkanes of at least 4 members (excludes halogenated alkanes) is 47. The van der Waals surface area contributed by atoms with Gasteiger partial charge >= 0.3 is 17.9 Å². The molecular formula is C65H124O6. The van der Waals surface area contributed by atoms with E-state index >= 15 is 0 Å². The Balaban J connectivity index is 3.84. The van der Waals surface area contributed by atoms with Gasteiger partial charge in [-0.3, -0.25) is 14.4 Å². The maximum atomic E-state index is 12.8. The predicted octanol–water partition coefficient (Wildman–Crippen LogP) is 21.7. The van der Waals surface area contributed by atoms with Crippen LogP contribution in [0.3, 0.4) is 0 Å². The second-order valence-electron chi connectivity index (χ2n) is 22.0. The molecule has 0 fully saturated rings. The fourth-order valence-electron chi connectivity index (χ4n) is 9.91. The largest absolute Gasteiger partial charge is 0.462 e. The third-order valence-corrected chi connectivity index (χ3v) is 14.8. The van der Waals surface area contributed by atoms with Crippen LogP contribution in [0.5, 0.6) is 0 Å². The monoisotopic (exact) mass is 1000 g/mol. The number of esters is 3. The Hall–Kier alpha value is -1.85. The van der Waals surface area contributed by atoms with Crippen LogP contribution in [0, 0.1) is 0 Å². The maximum absolute atomic E-state index is 12.8. The number of rotatable bonds is 60. The van der Waals surface area contributed by atoms with E-state index in [2.05, 4.69) is 32.9 Å². The van der Waals surface area contributed by atoms with Crippen molar-refractivity contribution in [2.45, 2.75) is 374 Å². The molecule has 420 valence electrons. The molecule has 6 nitrogen and oxygen atoms in total. The number of hydrogen-bond donors (Lipinski definition) is 0. The molecule has 0 aromatic carbocycles. The van der Waals surface area contributed by atoms with Gasteiger partial charge in [0.1, 0.15) is 13.2 Å². The zero-order chi connectivity index (χ0) is 51.4. The maximum Gasteiger partial charge on any atom is 0.306 e. The summed E-state index contributed by atoms with van der Waals surface area (Å²) in [5.74, 6) is -0.867. The lowest BCUT2D eigenvalue weighted by Gasteiger charge is -2.18. The number of carbonyl (C=O) groups excluding carboxylic acids is 3. The number of ether oxygens (including phenoxy) is 3. The summed E-state index contributed by atoms with van der Waals surface area (Å²) in [5, 5.41) is 0. The summed E-state index contributed by atoms with van der Waals surface area (Å²) in [7, 11) is 0. The van der Waals surface area contributed by atoms with Crippen molar-refractivity contribution in [3.05, 3.63) is 12.2 Å². The molecule has 0 aliphatic rings. The first-order valence-electron chi connectivity index (χ1n) is 32.2. The third-order valence-electron chi connectivity index (χ3n) is 14.8. The van der Waals surface area contributed by atoms with E-state index in [4.69, 9.17) is 14.2 Å². The molecule has 0 aliphatic heterocycles. The van der Waals surface area contributed by atoms with Crippen LogP contribution in [0.15, 0.2) is 12.2 Å². The van der Waals surface area contributed by atoms with E-state index in [1.54, 1.807) is 0 Å². The molecule has 0 aliphatic carbocycles. The highest BCUT2D eigenvalue weighted by Gasteiger charge is 2.19. The molecule has 0 saturated heterocycles. The van der Waals surface area contributed by atoms with Crippen molar-refractivity contribution < 1.29 is 28.6 Å². The fraction of sp³-hybridized carbons (Fsp3) is 0.923. The van der Waals surface area contributed by atoms with E-state index < -0.39 is 6.10 Å². The first-order valence-corrected chi connectivity index (χ1v) is 32.2. The van der Waals surface area contributed by atoms with Crippen LogP contribution in [-0.2, 0) is 28.6 Å². The summed E-state index contributed by atoms with van der Waals surface area (Å²) in [4.78, 5) is 37.8. The third kappa shape index (κ3) is 58.9. The van der Waals surface area contributed by atoms with Gasteiger partial charge in [-0.05, 0) is 44.9 Å². The smallest absolute Gasteiger partial charge is 0.306 e. The highest BCUT2D eigenvalue weighted by Crippen LogP contribution is 2.18. The van der Waals surface area contributed by atoms with E-state index in [1.807, 2.05) is 0 Å². The molecule has 0 radical (unpaired) electrons. The fourth-order valence-corrected chi connectivity index (χ4v) is 9.91. The lowest BCUT2D eigenvalue weighted by molar-refractivity contribution is -0.167. The van der Waals surface area contributed by atoms with Gasteiger partial charge in [-0.1, -0.05) is 315 Å². The minimum absolute atomic E-state index is 0.0688. The van der Waals surface area contributed by atoms with Crippen molar-refractivity contribution in [3.8, 4) is 0 Å². The molecular weight excluding hydrogens is 877 g/mol. The summed E-state index contributed by atoms with van der Waals surface area (Å²) in [6.45, 7) is 6.61. The lowest BCUT2D eigenvalue weighted by Crippen LogP contribution is -2.30. The average Bonchev–Trinajstić information content (AvgIpc) is 3.37. The molecule has 0 N–H and O–H groups in total. The van der Waals surface area contributed by atoms with Crippen molar-refractivity contribution in [2.75, 3.05) is 13.2 Å². The van der Waals surface area contributed by atoms with Crippen LogP contribution in [0.2, 0.25) is 0 Å². The molecule has 0 rings (SSSR count). The van der Waals surface area contributed by atoms with Crippen LogP contribution >= 0.6 is 0 Å². The summed E-state index contributed by atoms with van der Waals surface area (Å²) in [5.41, 5.74) is 0. The first kappa shape index (κ1) is 69.2. The Bertz CT molecular complexity index is 1100. The number of hydrogen-bond acceptors (Lipinski definition) is 6. The summed E-state index contributed by atoms with van der Waals surface area (Å²) in [6.07, 6.45) is 71.5. The predicted molar refractivity (Wildman–Crippen MR) is 307 cm³/mol.